The number of nitrogens with zero attached hydrogens (tertiary/aromatic N) is 4. The first-order valence-corrected chi connectivity index (χ1v) is 12.6. The van der Waals surface area contributed by atoms with Gasteiger partial charge in [0.15, 0.2) is 15.5 Å². The second-order valence-corrected chi connectivity index (χ2v) is 10.3. The van der Waals surface area contributed by atoms with Gasteiger partial charge in [0.25, 0.3) is 5.91 Å². The van der Waals surface area contributed by atoms with Crippen LogP contribution in [0, 0.1) is 0 Å². The van der Waals surface area contributed by atoms with Crippen LogP contribution in [-0.4, -0.2) is 46.9 Å². The van der Waals surface area contributed by atoms with Crippen molar-refractivity contribution in [1.29, 1.82) is 0 Å². The van der Waals surface area contributed by atoms with Crippen molar-refractivity contribution < 1.29 is 13.2 Å². The fourth-order valence-electron chi connectivity index (χ4n) is 4.39. The first-order valence-electron chi connectivity index (χ1n) is 11.0. The van der Waals surface area contributed by atoms with Gasteiger partial charge in [-0.05, 0) is 54.8 Å². The molecule has 1 aliphatic heterocycles. The van der Waals surface area contributed by atoms with Crippen LogP contribution in [0.3, 0.4) is 0 Å². The van der Waals surface area contributed by atoms with Crippen LogP contribution >= 0.6 is 0 Å². The van der Waals surface area contributed by atoms with Crippen LogP contribution in [0.1, 0.15) is 40.5 Å². The van der Waals surface area contributed by atoms with Gasteiger partial charge in [-0.2, -0.15) is 0 Å². The molecule has 0 bridgehead atoms. The molecular formula is C25H24N4O3S. The quantitative estimate of drug-likeness (QED) is 0.453. The van der Waals surface area contributed by atoms with Crippen molar-refractivity contribution >= 4 is 21.4 Å². The molecule has 4 aromatic rings. The van der Waals surface area contributed by atoms with Gasteiger partial charge in [0, 0.05) is 30.8 Å². The zero-order chi connectivity index (χ0) is 22.8. The van der Waals surface area contributed by atoms with Gasteiger partial charge < -0.3 is 4.90 Å². The first kappa shape index (κ1) is 21.3. The Kier molecular flexibility index (Phi) is 5.68. The van der Waals surface area contributed by atoms with Gasteiger partial charge in [-0.25, -0.2) is 8.42 Å². The lowest BCUT2D eigenvalue weighted by Gasteiger charge is -2.31. The summed E-state index contributed by atoms with van der Waals surface area (Å²) in [6.45, 7) is 1.25. The van der Waals surface area contributed by atoms with Crippen molar-refractivity contribution in [3.05, 3.63) is 95.9 Å². The number of rotatable bonds is 5. The lowest BCUT2D eigenvalue weighted by molar-refractivity contribution is 0.0710. The van der Waals surface area contributed by atoms with E-state index in [-0.39, 0.29) is 22.5 Å². The maximum Gasteiger partial charge on any atom is 0.253 e. The third-order valence-corrected chi connectivity index (χ3v) is 7.82. The lowest BCUT2D eigenvalue weighted by atomic mass is 9.95. The average molecular weight is 461 g/mol. The summed E-state index contributed by atoms with van der Waals surface area (Å²) < 4.78 is 27.4. The van der Waals surface area contributed by atoms with E-state index < -0.39 is 9.84 Å². The number of likely N-dealkylation sites (tertiary alicyclic amines) is 1. The highest BCUT2D eigenvalue weighted by Gasteiger charge is 2.27. The molecule has 0 unspecified atom stereocenters. The third kappa shape index (κ3) is 4.39. The molecule has 33 heavy (non-hydrogen) atoms. The maximum absolute atomic E-state index is 13.1. The van der Waals surface area contributed by atoms with E-state index in [4.69, 9.17) is 0 Å². The summed E-state index contributed by atoms with van der Waals surface area (Å²) in [5.74, 6) is 0.971. The van der Waals surface area contributed by atoms with Crippen LogP contribution < -0.4 is 0 Å². The van der Waals surface area contributed by atoms with Gasteiger partial charge in [0.2, 0.25) is 0 Å². The van der Waals surface area contributed by atoms with Crippen molar-refractivity contribution in [2.75, 3.05) is 13.1 Å². The highest BCUT2D eigenvalue weighted by molar-refractivity contribution is 7.90. The zero-order valence-electron chi connectivity index (χ0n) is 18.0. The van der Waals surface area contributed by atoms with E-state index in [0.717, 1.165) is 24.3 Å². The smallest absolute Gasteiger partial charge is 0.253 e. The number of hydrogen-bond acceptors (Lipinski definition) is 5. The largest absolute Gasteiger partial charge is 0.339 e. The first-order chi connectivity index (χ1) is 16.0. The van der Waals surface area contributed by atoms with Gasteiger partial charge in [-0.3, -0.25) is 9.20 Å². The number of fused-ring (bicyclic) bond motifs is 1. The molecule has 3 heterocycles. The average Bonchev–Trinajstić information content (AvgIpc) is 3.28. The Labute approximate surface area is 192 Å². The Morgan fingerprint density at radius 3 is 2.45 bits per heavy atom. The Hall–Kier alpha value is -3.52. The monoisotopic (exact) mass is 460 g/mol. The molecule has 7 nitrogen and oxygen atoms in total. The molecule has 1 fully saturated rings. The molecule has 2 aromatic heterocycles. The molecule has 0 spiro atoms. The van der Waals surface area contributed by atoms with Crippen molar-refractivity contribution in [2.45, 2.75) is 29.4 Å². The molecule has 0 saturated carbocycles. The minimum Gasteiger partial charge on any atom is -0.339 e. The van der Waals surface area contributed by atoms with Crippen LogP contribution in [0.15, 0.2) is 83.9 Å². The normalized spacial score (nSPS) is 15.1. The van der Waals surface area contributed by atoms with Crippen molar-refractivity contribution in [3.8, 4) is 0 Å². The predicted molar refractivity (Wildman–Crippen MR) is 125 cm³/mol. The van der Waals surface area contributed by atoms with Gasteiger partial charge in [-0.1, -0.05) is 36.4 Å². The van der Waals surface area contributed by atoms with Gasteiger partial charge in [0.05, 0.1) is 10.6 Å². The fourth-order valence-corrected chi connectivity index (χ4v) is 5.74. The van der Waals surface area contributed by atoms with E-state index in [1.165, 1.54) is 0 Å². The molecule has 168 valence electrons. The molecule has 2 aromatic carbocycles. The Morgan fingerprint density at radius 2 is 1.67 bits per heavy atom. The molecule has 0 atom stereocenters. The van der Waals surface area contributed by atoms with E-state index in [1.807, 2.05) is 33.7 Å². The molecule has 1 saturated heterocycles. The summed E-state index contributed by atoms with van der Waals surface area (Å²) in [7, 11) is -3.47. The summed E-state index contributed by atoms with van der Waals surface area (Å²) in [5.41, 5.74) is 1.95. The topological polar surface area (TPSA) is 84.6 Å². The van der Waals surface area contributed by atoms with Crippen molar-refractivity contribution in [2.24, 2.45) is 0 Å². The Morgan fingerprint density at radius 1 is 0.909 bits per heavy atom. The van der Waals surface area contributed by atoms with E-state index >= 15 is 0 Å². The standard InChI is InChI=1S/C25H24N4O3S/c30-25(21-8-6-7-19(17-21)18-33(31,32)22-9-2-1-3-10-22)28-15-12-20(13-16-28)24-27-26-23-11-4-5-14-29(23)24/h1-11,14,17,20H,12-13,15-16,18H2. The SMILES string of the molecule is O=C(c1cccc(CS(=O)(=O)c2ccccc2)c1)N1CCC(c2nnc3ccccn23)CC1. The number of amides is 1. The lowest BCUT2D eigenvalue weighted by Crippen LogP contribution is -2.38. The Balaban J connectivity index is 1.27. The number of aromatic nitrogens is 3. The second kappa shape index (κ2) is 8.78. The summed E-state index contributed by atoms with van der Waals surface area (Å²) in [6.07, 6.45) is 3.59. The fraction of sp³-hybridized carbons (Fsp3) is 0.240. The summed E-state index contributed by atoms with van der Waals surface area (Å²) in [6, 6.07) is 21.2. The van der Waals surface area contributed by atoms with Crippen LogP contribution in [0.2, 0.25) is 0 Å². The minimum atomic E-state index is -3.47. The number of carbonyl (C=O) groups excluding carboxylic acids is 1. The molecule has 5 rings (SSSR count). The molecular weight excluding hydrogens is 436 g/mol. The molecule has 1 amide bonds. The highest BCUT2D eigenvalue weighted by Crippen LogP contribution is 2.28. The van der Waals surface area contributed by atoms with Crippen LogP contribution in [0.25, 0.3) is 5.65 Å². The summed E-state index contributed by atoms with van der Waals surface area (Å²) in [5, 5.41) is 8.61. The van der Waals surface area contributed by atoms with Gasteiger partial charge in [0.1, 0.15) is 5.82 Å². The number of sulfone groups is 1. The van der Waals surface area contributed by atoms with Crippen LogP contribution in [-0.2, 0) is 15.6 Å². The van der Waals surface area contributed by atoms with E-state index in [2.05, 4.69) is 10.2 Å². The molecule has 0 aliphatic carbocycles. The van der Waals surface area contributed by atoms with E-state index in [1.54, 1.807) is 54.6 Å². The molecule has 1 aliphatic rings. The van der Waals surface area contributed by atoms with Crippen LogP contribution in [0.5, 0.6) is 0 Å². The van der Waals surface area contributed by atoms with Crippen LogP contribution in [0.4, 0.5) is 0 Å². The third-order valence-electron chi connectivity index (χ3n) is 6.12. The Bertz CT molecular complexity index is 1390. The highest BCUT2D eigenvalue weighted by atomic mass is 32.2. The number of hydrogen-bond donors (Lipinski definition) is 0. The number of pyridine rings is 1. The molecule has 8 heteroatoms. The second-order valence-electron chi connectivity index (χ2n) is 8.33. The predicted octanol–water partition coefficient (Wildman–Crippen LogP) is 3.72. The zero-order valence-corrected chi connectivity index (χ0v) is 18.9. The molecule has 0 N–H and O–H groups in total. The number of piperidine rings is 1. The maximum atomic E-state index is 13.1. The van der Waals surface area contributed by atoms with Gasteiger partial charge in [-0.15, -0.1) is 10.2 Å². The minimum absolute atomic E-state index is 0.0708. The van der Waals surface area contributed by atoms with Crippen molar-refractivity contribution in [3.63, 3.8) is 0 Å². The van der Waals surface area contributed by atoms with Crippen molar-refractivity contribution in [1.82, 2.24) is 19.5 Å². The number of carbonyl (C=O) groups is 1. The summed E-state index contributed by atoms with van der Waals surface area (Å²) in [4.78, 5) is 15.3. The van der Waals surface area contributed by atoms with E-state index in [0.29, 0.717) is 24.2 Å². The van der Waals surface area contributed by atoms with E-state index in [9.17, 15) is 13.2 Å². The number of benzene rings is 2. The molecule has 0 radical (unpaired) electrons. The van der Waals surface area contributed by atoms with Gasteiger partial charge >= 0.3 is 0 Å². The summed E-state index contributed by atoms with van der Waals surface area (Å²) >= 11 is 0.